The zero-order chi connectivity index (χ0) is 16.3. The van der Waals surface area contributed by atoms with E-state index < -0.39 is 0 Å². The summed E-state index contributed by atoms with van der Waals surface area (Å²) in [5, 5.41) is 12.3. The molecule has 0 unspecified atom stereocenters. The minimum Gasteiger partial charge on any atom is -0.337 e. The fraction of sp³-hybridized carbons (Fsp3) is 0.562. The highest BCUT2D eigenvalue weighted by Gasteiger charge is 2.23. The quantitative estimate of drug-likeness (QED) is 0.856. The van der Waals surface area contributed by atoms with Crippen LogP contribution in [-0.4, -0.2) is 41.5 Å². The number of nitrogens with zero attached hydrogens (tertiary/aromatic N) is 2. The van der Waals surface area contributed by atoms with Crippen molar-refractivity contribution in [2.24, 2.45) is 0 Å². The van der Waals surface area contributed by atoms with Crippen molar-refractivity contribution in [3.63, 3.8) is 0 Å². The number of hydrogen-bond acceptors (Lipinski definition) is 4. The summed E-state index contributed by atoms with van der Waals surface area (Å²) in [6.45, 7) is 7.99. The van der Waals surface area contributed by atoms with E-state index in [0.29, 0.717) is 18.4 Å². The first kappa shape index (κ1) is 16.2. The van der Waals surface area contributed by atoms with Crippen LogP contribution in [-0.2, 0) is 11.2 Å². The van der Waals surface area contributed by atoms with Gasteiger partial charge in [0.05, 0.1) is 0 Å². The lowest BCUT2D eigenvalue weighted by Gasteiger charge is -2.34. The Morgan fingerprint density at radius 1 is 1.45 bits per heavy atom. The number of carbonyl (C=O) groups excluding carboxylic acids is 1. The van der Waals surface area contributed by atoms with E-state index in [1.807, 2.05) is 24.8 Å². The van der Waals surface area contributed by atoms with Gasteiger partial charge in [0.2, 0.25) is 5.91 Å². The standard InChI is InChI=1S/C16H22N4O2/c1-10-9-18-6-7-20(10)15(21)5-4-13-11(2)14(8-17)16(22)19-12(13)3/h10,18H,4-7,9H2,1-3H3,(H,19,22)/t10-/m1/s1. The molecular formula is C16H22N4O2. The molecule has 1 fully saturated rings. The van der Waals surface area contributed by atoms with Crippen LogP contribution in [0.1, 0.15) is 35.7 Å². The Balaban J connectivity index is 2.13. The van der Waals surface area contributed by atoms with Crippen molar-refractivity contribution < 1.29 is 4.79 Å². The summed E-state index contributed by atoms with van der Waals surface area (Å²) in [6.07, 6.45) is 0.932. The summed E-state index contributed by atoms with van der Waals surface area (Å²) >= 11 is 0. The van der Waals surface area contributed by atoms with Gasteiger partial charge in [-0.1, -0.05) is 0 Å². The van der Waals surface area contributed by atoms with Crippen LogP contribution in [0.2, 0.25) is 0 Å². The summed E-state index contributed by atoms with van der Waals surface area (Å²) in [4.78, 5) is 28.7. The number of carbonyl (C=O) groups is 1. The molecule has 1 aromatic rings. The molecule has 2 heterocycles. The average molecular weight is 302 g/mol. The highest BCUT2D eigenvalue weighted by molar-refractivity contribution is 5.77. The summed E-state index contributed by atoms with van der Waals surface area (Å²) in [6, 6.07) is 2.14. The second-order valence-electron chi connectivity index (χ2n) is 5.81. The molecule has 0 spiro atoms. The van der Waals surface area contributed by atoms with Gasteiger partial charge in [0, 0.05) is 37.8 Å². The van der Waals surface area contributed by atoms with Crippen LogP contribution in [0.4, 0.5) is 0 Å². The lowest BCUT2D eigenvalue weighted by molar-refractivity contribution is -0.133. The number of hydrogen-bond donors (Lipinski definition) is 2. The molecular weight excluding hydrogens is 280 g/mol. The summed E-state index contributed by atoms with van der Waals surface area (Å²) in [7, 11) is 0. The number of piperazine rings is 1. The molecule has 6 heteroatoms. The van der Waals surface area contributed by atoms with Crippen LogP contribution in [0, 0.1) is 25.2 Å². The number of amides is 1. The first-order chi connectivity index (χ1) is 10.5. The molecule has 1 atom stereocenters. The maximum absolute atomic E-state index is 12.4. The van der Waals surface area contributed by atoms with Crippen LogP contribution >= 0.6 is 0 Å². The lowest BCUT2D eigenvalue weighted by Crippen LogP contribution is -2.52. The van der Waals surface area contributed by atoms with Crippen LogP contribution < -0.4 is 10.9 Å². The minimum atomic E-state index is -0.358. The molecule has 1 saturated heterocycles. The van der Waals surface area contributed by atoms with E-state index in [-0.39, 0.29) is 23.1 Å². The van der Waals surface area contributed by atoms with Crippen LogP contribution in [0.15, 0.2) is 4.79 Å². The van der Waals surface area contributed by atoms with Crippen LogP contribution in [0.5, 0.6) is 0 Å². The summed E-state index contributed by atoms with van der Waals surface area (Å²) in [5.74, 6) is 0.123. The number of nitriles is 1. The van der Waals surface area contributed by atoms with Gasteiger partial charge in [0.15, 0.2) is 0 Å². The van der Waals surface area contributed by atoms with Gasteiger partial charge >= 0.3 is 0 Å². The fourth-order valence-electron chi connectivity index (χ4n) is 3.01. The van der Waals surface area contributed by atoms with Crippen LogP contribution in [0.3, 0.4) is 0 Å². The van der Waals surface area contributed by atoms with E-state index in [2.05, 4.69) is 10.3 Å². The van der Waals surface area contributed by atoms with Crippen molar-refractivity contribution in [3.05, 3.63) is 32.7 Å². The molecule has 22 heavy (non-hydrogen) atoms. The third kappa shape index (κ3) is 3.20. The summed E-state index contributed by atoms with van der Waals surface area (Å²) in [5.41, 5.74) is 2.10. The predicted molar refractivity (Wildman–Crippen MR) is 83.6 cm³/mol. The lowest BCUT2D eigenvalue weighted by atomic mass is 9.98. The number of H-pyrrole nitrogens is 1. The Hall–Kier alpha value is -2.13. The molecule has 1 amide bonds. The molecule has 2 N–H and O–H groups in total. The second kappa shape index (κ2) is 6.75. The average Bonchev–Trinajstić information content (AvgIpc) is 2.47. The van der Waals surface area contributed by atoms with Crippen molar-refractivity contribution in [2.45, 2.75) is 39.7 Å². The van der Waals surface area contributed by atoms with Gasteiger partial charge in [-0.05, 0) is 38.3 Å². The SMILES string of the molecule is Cc1[nH]c(=O)c(C#N)c(C)c1CCC(=O)N1CCNC[C@H]1C. The Morgan fingerprint density at radius 3 is 2.82 bits per heavy atom. The monoisotopic (exact) mass is 302 g/mol. The number of aromatic amines is 1. The smallest absolute Gasteiger partial charge is 0.266 e. The molecule has 0 radical (unpaired) electrons. The Labute approximate surface area is 130 Å². The molecule has 0 aromatic carbocycles. The molecule has 0 aliphatic carbocycles. The van der Waals surface area contributed by atoms with Crippen molar-refractivity contribution in [3.8, 4) is 6.07 Å². The maximum Gasteiger partial charge on any atom is 0.266 e. The number of nitrogens with one attached hydrogen (secondary N) is 2. The number of rotatable bonds is 3. The highest BCUT2D eigenvalue weighted by atomic mass is 16.2. The number of aromatic nitrogens is 1. The van der Waals surface area contributed by atoms with Gasteiger partial charge in [-0.15, -0.1) is 0 Å². The molecule has 0 bridgehead atoms. The third-order valence-electron chi connectivity index (χ3n) is 4.33. The van der Waals surface area contributed by atoms with Crippen LogP contribution in [0.25, 0.3) is 0 Å². The van der Waals surface area contributed by atoms with Gasteiger partial charge < -0.3 is 15.2 Å². The van der Waals surface area contributed by atoms with Gasteiger partial charge in [-0.2, -0.15) is 5.26 Å². The van der Waals surface area contributed by atoms with E-state index in [9.17, 15) is 9.59 Å². The molecule has 2 rings (SSSR count). The molecule has 1 aliphatic heterocycles. The zero-order valence-electron chi connectivity index (χ0n) is 13.3. The van der Waals surface area contributed by atoms with Gasteiger partial charge in [-0.25, -0.2) is 0 Å². The molecule has 118 valence electrons. The van der Waals surface area contributed by atoms with Crippen molar-refractivity contribution in [2.75, 3.05) is 19.6 Å². The Kier molecular flexibility index (Phi) is 4.99. The fourth-order valence-corrected chi connectivity index (χ4v) is 3.01. The zero-order valence-corrected chi connectivity index (χ0v) is 13.3. The third-order valence-corrected chi connectivity index (χ3v) is 4.33. The van der Waals surface area contributed by atoms with Gasteiger partial charge in [0.1, 0.15) is 11.6 Å². The van der Waals surface area contributed by atoms with E-state index in [1.54, 1.807) is 6.92 Å². The normalized spacial score (nSPS) is 18.1. The van der Waals surface area contributed by atoms with Gasteiger partial charge in [0.25, 0.3) is 5.56 Å². The summed E-state index contributed by atoms with van der Waals surface area (Å²) < 4.78 is 0. The molecule has 1 aromatic heterocycles. The maximum atomic E-state index is 12.4. The van der Waals surface area contributed by atoms with E-state index >= 15 is 0 Å². The number of aryl methyl sites for hydroxylation is 1. The Morgan fingerprint density at radius 2 is 2.18 bits per heavy atom. The topological polar surface area (TPSA) is 89.0 Å². The van der Waals surface area contributed by atoms with E-state index in [1.165, 1.54) is 0 Å². The molecule has 6 nitrogen and oxygen atoms in total. The van der Waals surface area contributed by atoms with Gasteiger partial charge in [-0.3, -0.25) is 9.59 Å². The van der Waals surface area contributed by atoms with E-state index in [0.717, 1.165) is 30.9 Å². The van der Waals surface area contributed by atoms with Crippen molar-refractivity contribution in [1.82, 2.24) is 15.2 Å². The first-order valence-corrected chi connectivity index (χ1v) is 7.58. The van der Waals surface area contributed by atoms with Crippen molar-refractivity contribution in [1.29, 1.82) is 5.26 Å². The Bertz CT molecular complexity index is 672. The van der Waals surface area contributed by atoms with Crippen molar-refractivity contribution >= 4 is 5.91 Å². The molecule has 1 aliphatic rings. The molecule has 0 saturated carbocycles. The largest absolute Gasteiger partial charge is 0.337 e. The minimum absolute atomic E-state index is 0.123. The predicted octanol–water partition coefficient (Wildman–Crippen LogP) is 0.616. The first-order valence-electron chi connectivity index (χ1n) is 7.58. The number of pyridine rings is 1. The highest BCUT2D eigenvalue weighted by Crippen LogP contribution is 2.16. The van der Waals surface area contributed by atoms with E-state index in [4.69, 9.17) is 5.26 Å². The second-order valence-corrected chi connectivity index (χ2v) is 5.81.